The minimum atomic E-state index is 0.0480. The minimum Gasteiger partial charge on any atom is -0.469 e. The highest BCUT2D eigenvalue weighted by atomic mass is 16.5. The van der Waals surface area contributed by atoms with E-state index in [0.29, 0.717) is 0 Å². The Bertz CT molecular complexity index is 503. The maximum Gasteiger partial charge on any atom is 0.310 e. The number of ether oxygens (including phenoxy) is 1. The van der Waals surface area contributed by atoms with Crippen molar-refractivity contribution in [2.75, 3.05) is 46.4 Å². The predicted octanol–water partition coefficient (Wildman–Crippen LogP) is 4.33. The van der Waals surface area contributed by atoms with Crippen molar-refractivity contribution >= 4 is 5.97 Å². The Kier molecular flexibility index (Phi) is 6.98. The van der Waals surface area contributed by atoms with Gasteiger partial charge in [-0.3, -0.25) is 4.79 Å². The third-order valence-electron chi connectivity index (χ3n) is 8.54. The van der Waals surface area contributed by atoms with Crippen molar-refractivity contribution in [3.63, 3.8) is 0 Å². The molecule has 0 amide bonds. The summed E-state index contributed by atoms with van der Waals surface area (Å²) in [7, 11) is 1.58. The van der Waals surface area contributed by atoms with Gasteiger partial charge in [0.2, 0.25) is 0 Å². The monoisotopic (exact) mass is 390 g/mol. The molecule has 28 heavy (non-hydrogen) atoms. The van der Waals surface area contributed by atoms with Gasteiger partial charge < -0.3 is 14.5 Å². The van der Waals surface area contributed by atoms with Crippen molar-refractivity contribution in [1.29, 1.82) is 0 Å². The number of piperidine rings is 1. The van der Waals surface area contributed by atoms with Crippen LogP contribution in [0.25, 0.3) is 0 Å². The Morgan fingerprint density at radius 1 is 0.857 bits per heavy atom. The SMILES string of the molecule is COC(=O)C1CN(CC2CCCCC2)CC12CCN(CC1CCCCC1)CC2. The Hall–Kier alpha value is -0.610. The van der Waals surface area contributed by atoms with Gasteiger partial charge in [0.05, 0.1) is 13.0 Å². The zero-order valence-corrected chi connectivity index (χ0v) is 18.2. The van der Waals surface area contributed by atoms with Gasteiger partial charge in [0.15, 0.2) is 0 Å². The van der Waals surface area contributed by atoms with E-state index in [-0.39, 0.29) is 17.3 Å². The van der Waals surface area contributed by atoms with E-state index >= 15 is 0 Å². The predicted molar refractivity (Wildman–Crippen MR) is 113 cm³/mol. The van der Waals surface area contributed by atoms with Crippen molar-refractivity contribution in [3.05, 3.63) is 0 Å². The summed E-state index contributed by atoms with van der Waals surface area (Å²) in [6.07, 6.45) is 16.5. The quantitative estimate of drug-likeness (QED) is 0.654. The van der Waals surface area contributed by atoms with Gasteiger partial charge >= 0.3 is 5.97 Å². The molecule has 4 heteroatoms. The van der Waals surface area contributed by atoms with Crippen LogP contribution in [0.4, 0.5) is 0 Å². The summed E-state index contributed by atoms with van der Waals surface area (Å²) in [5.74, 6) is 1.92. The number of hydrogen-bond donors (Lipinski definition) is 0. The summed E-state index contributed by atoms with van der Waals surface area (Å²) in [5, 5.41) is 0. The molecule has 2 aliphatic carbocycles. The molecule has 1 spiro atoms. The lowest BCUT2D eigenvalue weighted by molar-refractivity contribution is -0.149. The molecule has 2 saturated carbocycles. The fraction of sp³-hybridized carbons (Fsp3) is 0.958. The first-order valence-electron chi connectivity index (χ1n) is 12.2. The van der Waals surface area contributed by atoms with E-state index in [0.717, 1.165) is 24.9 Å². The normalized spacial score (nSPS) is 30.7. The summed E-state index contributed by atoms with van der Waals surface area (Å²) in [4.78, 5) is 18.0. The van der Waals surface area contributed by atoms with E-state index in [9.17, 15) is 4.79 Å². The van der Waals surface area contributed by atoms with E-state index in [1.165, 1.54) is 103 Å². The van der Waals surface area contributed by atoms with Gasteiger partial charge in [-0.25, -0.2) is 0 Å². The molecule has 2 saturated heterocycles. The number of likely N-dealkylation sites (tertiary alicyclic amines) is 2. The van der Waals surface area contributed by atoms with Crippen LogP contribution in [0.5, 0.6) is 0 Å². The molecule has 0 aromatic heterocycles. The van der Waals surface area contributed by atoms with Gasteiger partial charge in [0.1, 0.15) is 0 Å². The van der Waals surface area contributed by atoms with Crippen LogP contribution in [0.2, 0.25) is 0 Å². The molecule has 1 unspecified atom stereocenters. The van der Waals surface area contributed by atoms with E-state index in [4.69, 9.17) is 4.74 Å². The summed E-state index contributed by atoms with van der Waals surface area (Å²) in [6, 6.07) is 0. The van der Waals surface area contributed by atoms with E-state index < -0.39 is 0 Å². The topological polar surface area (TPSA) is 32.8 Å². The number of carbonyl (C=O) groups is 1. The second-order valence-corrected chi connectivity index (χ2v) is 10.4. The third-order valence-corrected chi connectivity index (χ3v) is 8.54. The van der Waals surface area contributed by atoms with Crippen LogP contribution >= 0.6 is 0 Å². The number of methoxy groups -OCH3 is 1. The lowest BCUT2D eigenvalue weighted by atomic mass is 9.70. The molecule has 4 nitrogen and oxygen atoms in total. The first-order valence-corrected chi connectivity index (χ1v) is 12.2. The maximum absolute atomic E-state index is 12.7. The highest BCUT2D eigenvalue weighted by molar-refractivity contribution is 5.74. The van der Waals surface area contributed by atoms with Crippen molar-refractivity contribution in [2.24, 2.45) is 23.2 Å². The number of nitrogens with zero attached hydrogens (tertiary/aromatic N) is 2. The van der Waals surface area contributed by atoms with Crippen LogP contribution < -0.4 is 0 Å². The molecule has 0 aromatic carbocycles. The number of hydrogen-bond acceptors (Lipinski definition) is 4. The molecule has 0 N–H and O–H groups in total. The average Bonchev–Trinajstić information content (AvgIpc) is 3.08. The van der Waals surface area contributed by atoms with E-state index in [2.05, 4.69) is 9.80 Å². The van der Waals surface area contributed by atoms with E-state index in [1.807, 2.05) is 0 Å². The largest absolute Gasteiger partial charge is 0.469 e. The van der Waals surface area contributed by atoms with Gasteiger partial charge in [0, 0.05) is 31.6 Å². The first-order chi connectivity index (χ1) is 13.7. The Labute approximate surface area is 172 Å². The van der Waals surface area contributed by atoms with Crippen molar-refractivity contribution in [2.45, 2.75) is 77.0 Å². The minimum absolute atomic E-state index is 0.0480. The zero-order valence-electron chi connectivity index (χ0n) is 18.2. The van der Waals surface area contributed by atoms with Gasteiger partial charge in [-0.1, -0.05) is 38.5 Å². The van der Waals surface area contributed by atoms with Crippen LogP contribution in [-0.4, -0.2) is 62.1 Å². The lowest BCUT2D eigenvalue weighted by Crippen LogP contribution is -2.47. The zero-order chi connectivity index (χ0) is 19.4. The number of esters is 1. The van der Waals surface area contributed by atoms with Gasteiger partial charge in [-0.05, 0) is 63.5 Å². The van der Waals surface area contributed by atoms with Crippen LogP contribution in [-0.2, 0) is 9.53 Å². The van der Waals surface area contributed by atoms with Gasteiger partial charge in [0.25, 0.3) is 0 Å². The standard InChI is InChI=1S/C24H42N2O2/c1-28-23(27)22-18-26(17-21-10-6-3-7-11-21)19-24(22)12-14-25(15-13-24)16-20-8-4-2-5-9-20/h20-22H,2-19H2,1H3. The van der Waals surface area contributed by atoms with Crippen molar-refractivity contribution in [3.8, 4) is 0 Å². The van der Waals surface area contributed by atoms with E-state index in [1.54, 1.807) is 7.11 Å². The Morgan fingerprint density at radius 3 is 1.93 bits per heavy atom. The molecule has 2 aliphatic heterocycles. The number of rotatable bonds is 5. The smallest absolute Gasteiger partial charge is 0.310 e. The molecule has 2 heterocycles. The first kappa shape index (κ1) is 20.7. The average molecular weight is 391 g/mol. The Morgan fingerprint density at radius 2 is 1.39 bits per heavy atom. The fourth-order valence-corrected chi connectivity index (χ4v) is 6.84. The second kappa shape index (κ2) is 9.47. The van der Waals surface area contributed by atoms with Gasteiger partial charge in [-0.2, -0.15) is 0 Å². The molecule has 0 radical (unpaired) electrons. The molecule has 0 bridgehead atoms. The molecule has 0 aromatic rings. The molecule has 160 valence electrons. The fourth-order valence-electron chi connectivity index (χ4n) is 6.84. The van der Waals surface area contributed by atoms with Crippen LogP contribution in [0, 0.1) is 23.2 Å². The number of carbonyl (C=O) groups excluding carboxylic acids is 1. The molecule has 4 fully saturated rings. The second-order valence-electron chi connectivity index (χ2n) is 10.4. The van der Waals surface area contributed by atoms with Crippen LogP contribution in [0.15, 0.2) is 0 Å². The lowest BCUT2D eigenvalue weighted by Gasteiger charge is -2.43. The van der Waals surface area contributed by atoms with Crippen molar-refractivity contribution < 1.29 is 9.53 Å². The van der Waals surface area contributed by atoms with Crippen molar-refractivity contribution in [1.82, 2.24) is 9.80 Å². The highest BCUT2D eigenvalue weighted by Crippen LogP contribution is 2.46. The summed E-state index contributed by atoms with van der Waals surface area (Å²) in [5.41, 5.74) is 0.171. The molecular formula is C24H42N2O2. The maximum atomic E-state index is 12.7. The molecule has 1 atom stereocenters. The summed E-state index contributed by atoms with van der Waals surface area (Å²) < 4.78 is 5.27. The molecular weight excluding hydrogens is 348 g/mol. The molecule has 4 aliphatic rings. The Balaban J connectivity index is 1.34. The van der Waals surface area contributed by atoms with Crippen LogP contribution in [0.3, 0.4) is 0 Å². The molecule has 4 rings (SSSR count). The highest BCUT2D eigenvalue weighted by Gasteiger charge is 2.51. The van der Waals surface area contributed by atoms with Crippen LogP contribution in [0.1, 0.15) is 77.0 Å². The summed E-state index contributed by atoms with van der Waals surface area (Å²) in [6.45, 7) is 6.93. The van der Waals surface area contributed by atoms with Gasteiger partial charge in [-0.15, -0.1) is 0 Å². The summed E-state index contributed by atoms with van der Waals surface area (Å²) >= 11 is 0. The third kappa shape index (κ3) is 4.75.